The molecule has 0 radical (unpaired) electrons. The molecule has 3 atom stereocenters. The van der Waals surface area contributed by atoms with Gasteiger partial charge in [-0.1, -0.05) is 15.9 Å². The number of hydrogen-bond acceptors (Lipinski definition) is 5. The van der Waals surface area contributed by atoms with Gasteiger partial charge in [-0.25, -0.2) is 4.79 Å². The summed E-state index contributed by atoms with van der Waals surface area (Å²) in [6, 6.07) is 2.18. The Hall–Kier alpha value is -2.18. The number of benzene rings is 1. The molecule has 154 valence electrons. The molecule has 0 unspecified atom stereocenters. The Morgan fingerprint density at radius 2 is 1.97 bits per heavy atom. The van der Waals surface area contributed by atoms with Crippen molar-refractivity contribution in [3.05, 3.63) is 56.7 Å². The molecule has 0 spiro atoms. The lowest BCUT2D eigenvalue weighted by Crippen LogP contribution is -2.72. The zero-order chi connectivity index (χ0) is 21.6. The zero-order valence-corrected chi connectivity index (χ0v) is 17.3. The molecule has 0 aliphatic carbocycles. The predicted molar refractivity (Wildman–Crippen MR) is 101 cm³/mol. The Morgan fingerprint density at radius 3 is 2.55 bits per heavy atom. The zero-order valence-electron chi connectivity index (χ0n) is 14.2. The molecule has 7 nitrogen and oxygen atoms in total. The number of aromatic hydroxyl groups is 1. The number of carbonyl (C=O) groups excluding carboxylic acids is 2. The molecule has 0 saturated carbocycles. The summed E-state index contributed by atoms with van der Waals surface area (Å²) < 4.78 is 42.0. The average Bonchev–Trinajstić information content (AvgIpc) is 2.63. The van der Waals surface area contributed by atoms with Gasteiger partial charge >= 0.3 is 12.2 Å². The van der Waals surface area contributed by atoms with Crippen LogP contribution in [0, 0.1) is 5.92 Å². The van der Waals surface area contributed by atoms with E-state index in [0.29, 0.717) is 4.47 Å². The Balaban J connectivity index is 2.24. The number of amides is 2. The Kier molecular flexibility index (Phi) is 5.62. The van der Waals surface area contributed by atoms with Crippen LogP contribution >= 0.6 is 31.9 Å². The number of Topliss-reactive ketones (excluding diaryl/α,β-unsaturated/α-hetero) is 1. The molecule has 12 heteroatoms. The van der Waals surface area contributed by atoms with E-state index in [9.17, 15) is 33.0 Å². The number of phenols is 1. The number of aliphatic hydroxyl groups is 1. The molecular weight excluding hydrogens is 527 g/mol. The second kappa shape index (κ2) is 7.58. The van der Waals surface area contributed by atoms with Crippen molar-refractivity contribution in [2.45, 2.75) is 17.9 Å². The Morgan fingerprint density at radius 1 is 1.28 bits per heavy atom. The fourth-order valence-corrected chi connectivity index (χ4v) is 4.37. The molecule has 2 amide bonds. The highest BCUT2D eigenvalue weighted by Gasteiger charge is 2.66. The van der Waals surface area contributed by atoms with Crippen molar-refractivity contribution in [1.29, 1.82) is 0 Å². The molecule has 2 heterocycles. The van der Waals surface area contributed by atoms with Crippen molar-refractivity contribution in [2.24, 2.45) is 5.92 Å². The van der Waals surface area contributed by atoms with E-state index in [2.05, 4.69) is 42.2 Å². The van der Waals surface area contributed by atoms with E-state index in [1.807, 2.05) is 0 Å². The standard InChI is InChI=1S/C17H12Br2F3N3O4/c18-8-4-9(14(27)10(19)5-8)12-11(13(26)7-2-1-3-23-6-7)16(29,17(20,21)22)25-15(28)24-12/h1-6,11-12,27,29H,(H2,24,25,28)/t11-,12-,16+/m1/s1. The number of pyridine rings is 1. The number of halogens is 5. The van der Waals surface area contributed by atoms with Crippen molar-refractivity contribution >= 4 is 43.7 Å². The summed E-state index contributed by atoms with van der Waals surface area (Å²) in [5.41, 5.74) is -4.31. The number of aromatic nitrogens is 1. The molecule has 1 aliphatic rings. The fourth-order valence-electron chi connectivity index (χ4n) is 3.11. The number of urea groups is 1. The maximum atomic E-state index is 13.8. The fraction of sp³-hybridized carbons (Fsp3) is 0.235. The summed E-state index contributed by atoms with van der Waals surface area (Å²) in [6.45, 7) is 0. The summed E-state index contributed by atoms with van der Waals surface area (Å²) >= 11 is 6.21. The van der Waals surface area contributed by atoms with E-state index in [1.165, 1.54) is 35.8 Å². The lowest BCUT2D eigenvalue weighted by molar-refractivity contribution is -0.287. The first-order valence-corrected chi connectivity index (χ1v) is 9.54. The topological polar surface area (TPSA) is 112 Å². The molecule has 1 aromatic heterocycles. The van der Waals surface area contributed by atoms with E-state index in [-0.39, 0.29) is 15.6 Å². The summed E-state index contributed by atoms with van der Waals surface area (Å²) in [7, 11) is 0. The van der Waals surface area contributed by atoms with Crippen LogP contribution in [0.4, 0.5) is 18.0 Å². The molecule has 29 heavy (non-hydrogen) atoms. The Bertz CT molecular complexity index is 974. The summed E-state index contributed by atoms with van der Waals surface area (Å²) in [5, 5.41) is 24.5. The summed E-state index contributed by atoms with van der Waals surface area (Å²) in [6.07, 6.45) is -3.03. The number of rotatable bonds is 3. The highest BCUT2D eigenvalue weighted by molar-refractivity contribution is 9.11. The molecular formula is C17H12Br2F3N3O4. The van der Waals surface area contributed by atoms with E-state index in [0.717, 1.165) is 6.20 Å². The van der Waals surface area contributed by atoms with Crippen LogP contribution in [0.1, 0.15) is 22.0 Å². The number of nitrogens with one attached hydrogen (secondary N) is 2. The smallest absolute Gasteiger partial charge is 0.437 e. The lowest BCUT2D eigenvalue weighted by atomic mass is 9.77. The monoisotopic (exact) mass is 537 g/mol. The Labute approximate surface area is 178 Å². The van der Waals surface area contributed by atoms with Crippen LogP contribution in [0.3, 0.4) is 0 Å². The van der Waals surface area contributed by atoms with Crippen LogP contribution in [-0.2, 0) is 0 Å². The molecule has 1 aromatic carbocycles. The molecule has 1 fully saturated rings. The van der Waals surface area contributed by atoms with Gasteiger partial charge in [0.15, 0.2) is 5.78 Å². The minimum absolute atomic E-state index is 0.109. The second-order valence-corrected chi connectivity index (χ2v) is 8.02. The van der Waals surface area contributed by atoms with Crippen LogP contribution in [0.15, 0.2) is 45.6 Å². The molecule has 0 bridgehead atoms. The van der Waals surface area contributed by atoms with Crippen LogP contribution < -0.4 is 10.6 Å². The minimum Gasteiger partial charge on any atom is -0.506 e. The van der Waals surface area contributed by atoms with Gasteiger partial charge in [-0.05, 0) is 40.2 Å². The third-order valence-electron chi connectivity index (χ3n) is 4.43. The lowest BCUT2D eigenvalue weighted by Gasteiger charge is -2.45. The molecule has 1 saturated heterocycles. The predicted octanol–water partition coefficient (Wildman–Crippen LogP) is 3.42. The van der Waals surface area contributed by atoms with Gasteiger partial charge in [0.05, 0.1) is 10.5 Å². The van der Waals surface area contributed by atoms with E-state index < -0.39 is 41.4 Å². The number of carbonyl (C=O) groups is 2. The second-order valence-electron chi connectivity index (χ2n) is 6.25. The van der Waals surface area contributed by atoms with Crippen molar-refractivity contribution in [1.82, 2.24) is 15.6 Å². The van der Waals surface area contributed by atoms with Crippen molar-refractivity contribution in [3.63, 3.8) is 0 Å². The largest absolute Gasteiger partial charge is 0.506 e. The normalized spacial score (nSPS) is 24.6. The first-order valence-electron chi connectivity index (χ1n) is 7.95. The van der Waals surface area contributed by atoms with E-state index in [1.54, 1.807) is 0 Å². The number of ketones is 1. The van der Waals surface area contributed by atoms with Gasteiger partial charge in [0, 0.05) is 28.0 Å². The van der Waals surface area contributed by atoms with Crippen LogP contribution in [-0.4, -0.2) is 38.9 Å². The molecule has 4 N–H and O–H groups in total. The van der Waals surface area contributed by atoms with Crippen molar-refractivity contribution in [3.8, 4) is 5.75 Å². The maximum Gasteiger partial charge on any atom is 0.437 e. The van der Waals surface area contributed by atoms with Crippen LogP contribution in [0.2, 0.25) is 0 Å². The molecule has 2 aromatic rings. The first-order chi connectivity index (χ1) is 13.5. The molecule has 3 rings (SSSR count). The number of alkyl halides is 3. The summed E-state index contributed by atoms with van der Waals surface area (Å²) in [5.74, 6) is -3.89. The maximum absolute atomic E-state index is 13.8. The van der Waals surface area contributed by atoms with Crippen LogP contribution in [0.25, 0.3) is 0 Å². The highest BCUT2D eigenvalue weighted by Crippen LogP contribution is 2.47. The number of nitrogens with zero attached hydrogens (tertiary/aromatic N) is 1. The van der Waals surface area contributed by atoms with Gasteiger partial charge < -0.3 is 20.8 Å². The number of hydrogen-bond donors (Lipinski definition) is 4. The van der Waals surface area contributed by atoms with E-state index >= 15 is 0 Å². The van der Waals surface area contributed by atoms with Gasteiger partial charge in [-0.15, -0.1) is 0 Å². The van der Waals surface area contributed by atoms with Crippen molar-refractivity contribution in [2.75, 3.05) is 0 Å². The quantitative estimate of drug-likeness (QED) is 0.447. The van der Waals surface area contributed by atoms with Crippen molar-refractivity contribution < 1.29 is 33.0 Å². The van der Waals surface area contributed by atoms with Gasteiger partial charge in [-0.3, -0.25) is 9.78 Å². The first kappa shape index (κ1) is 21.5. The minimum atomic E-state index is -5.40. The number of phenolic OH excluding ortho intramolecular Hbond substituents is 1. The van der Waals surface area contributed by atoms with Gasteiger partial charge in [-0.2, -0.15) is 13.2 Å². The SMILES string of the molecule is O=C1N[C@H](c2cc(Br)cc(Br)c2O)[C@H](C(=O)c2cccnc2)[C@](O)(C(F)(F)F)N1. The molecule has 1 aliphatic heterocycles. The van der Waals surface area contributed by atoms with Gasteiger partial charge in [0.2, 0.25) is 5.72 Å². The highest BCUT2D eigenvalue weighted by atomic mass is 79.9. The third-order valence-corrected chi connectivity index (χ3v) is 5.49. The average molecular weight is 539 g/mol. The van der Waals surface area contributed by atoms with E-state index in [4.69, 9.17) is 0 Å². The third kappa shape index (κ3) is 3.83. The van der Waals surface area contributed by atoms with Gasteiger partial charge in [0.1, 0.15) is 11.7 Å². The summed E-state index contributed by atoms with van der Waals surface area (Å²) in [4.78, 5) is 28.7. The van der Waals surface area contributed by atoms with Gasteiger partial charge in [0.25, 0.3) is 0 Å². The van der Waals surface area contributed by atoms with Crippen LogP contribution in [0.5, 0.6) is 5.75 Å².